The molecule has 2 N–H and O–H groups in total. The van der Waals surface area contributed by atoms with Crippen LogP contribution in [0.2, 0.25) is 0 Å². The van der Waals surface area contributed by atoms with Gasteiger partial charge in [0.2, 0.25) is 5.91 Å². The Labute approximate surface area is 139 Å². The van der Waals surface area contributed by atoms with Crippen molar-refractivity contribution in [3.63, 3.8) is 0 Å². The molecule has 1 heterocycles. The number of hydrogen-bond acceptors (Lipinski definition) is 5. The van der Waals surface area contributed by atoms with E-state index in [0.29, 0.717) is 0 Å². The zero-order valence-corrected chi connectivity index (χ0v) is 13.8. The quantitative estimate of drug-likeness (QED) is 0.798. The van der Waals surface area contributed by atoms with Gasteiger partial charge >= 0.3 is 5.97 Å². The lowest BCUT2D eigenvalue weighted by molar-refractivity contribution is -0.122. The van der Waals surface area contributed by atoms with Gasteiger partial charge in [-0.05, 0) is 38.5 Å². The summed E-state index contributed by atoms with van der Waals surface area (Å²) < 4.78 is 6.76. The SMILES string of the molecule is CC(C)Oc1ccc(C(C)NC(=O)Cn2cc(C(=O)O)nn2)cc1. The fraction of sp³-hybridized carbons (Fsp3) is 0.375. The molecule has 0 aliphatic rings. The van der Waals surface area contributed by atoms with Gasteiger partial charge in [-0.15, -0.1) is 5.10 Å². The minimum Gasteiger partial charge on any atom is -0.491 e. The number of carbonyl (C=O) groups excluding carboxylic acids is 1. The summed E-state index contributed by atoms with van der Waals surface area (Å²) in [6, 6.07) is 7.29. The third-order valence-corrected chi connectivity index (χ3v) is 3.19. The van der Waals surface area contributed by atoms with Gasteiger partial charge in [0, 0.05) is 0 Å². The van der Waals surface area contributed by atoms with Crippen LogP contribution >= 0.6 is 0 Å². The molecular formula is C16H20N4O4. The van der Waals surface area contributed by atoms with Crippen molar-refractivity contribution in [2.75, 3.05) is 0 Å². The molecule has 0 saturated heterocycles. The summed E-state index contributed by atoms with van der Waals surface area (Å²) in [7, 11) is 0. The normalized spacial score (nSPS) is 12.0. The third kappa shape index (κ3) is 4.80. The Bertz CT molecular complexity index is 709. The van der Waals surface area contributed by atoms with Crippen molar-refractivity contribution in [2.24, 2.45) is 0 Å². The molecule has 24 heavy (non-hydrogen) atoms. The van der Waals surface area contributed by atoms with Gasteiger partial charge in [-0.25, -0.2) is 9.48 Å². The fourth-order valence-corrected chi connectivity index (χ4v) is 2.10. The predicted octanol–water partition coefficient (Wildman–Crippen LogP) is 1.64. The average molecular weight is 332 g/mol. The molecule has 8 heteroatoms. The molecule has 0 saturated carbocycles. The molecular weight excluding hydrogens is 312 g/mol. The Morgan fingerprint density at radius 3 is 2.46 bits per heavy atom. The number of aromatic carboxylic acids is 1. The number of hydrogen-bond donors (Lipinski definition) is 2. The molecule has 0 radical (unpaired) electrons. The maximum absolute atomic E-state index is 12.0. The van der Waals surface area contributed by atoms with Gasteiger partial charge in [-0.1, -0.05) is 17.3 Å². The Balaban J connectivity index is 1.91. The van der Waals surface area contributed by atoms with Crippen LogP contribution in [-0.4, -0.2) is 38.1 Å². The molecule has 128 valence electrons. The topological polar surface area (TPSA) is 106 Å². The smallest absolute Gasteiger partial charge is 0.358 e. The van der Waals surface area contributed by atoms with Crippen molar-refractivity contribution in [3.8, 4) is 5.75 Å². The molecule has 0 fully saturated rings. The van der Waals surface area contributed by atoms with E-state index in [1.807, 2.05) is 45.0 Å². The number of amides is 1. The first kappa shape index (κ1) is 17.5. The highest BCUT2D eigenvalue weighted by molar-refractivity contribution is 5.84. The Morgan fingerprint density at radius 2 is 1.92 bits per heavy atom. The number of carboxylic acid groups (broad SMARTS) is 1. The second-order valence-electron chi connectivity index (χ2n) is 5.63. The number of aromatic nitrogens is 3. The number of ether oxygens (including phenoxy) is 1. The van der Waals surface area contributed by atoms with E-state index in [0.717, 1.165) is 11.3 Å². The molecule has 1 aromatic carbocycles. The number of benzene rings is 1. The van der Waals surface area contributed by atoms with Crippen molar-refractivity contribution in [1.82, 2.24) is 20.3 Å². The molecule has 8 nitrogen and oxygen atoms in total. The number of rotatable bonds is 7. The van der Waals surface area contributed by atoms with Crippen LogP contribution in [0.15, 0.2) is 30.5 Å². The lowest BCUT2D eigenvalue weighted by atomic mass is 10.1. The maximum atomic E-state index is 12.0. The lowest BCUT2D eigenvalue weighted by Gasteiger charge is -2.15. The summed E-state index contributed by atoms with van der Waals surface area (Å²) in [6.45, 7) is 5.67. The van der Waals surface area contributed by atoms with Crippen LogP contribution in [0.1, 0.15) is 42.9 Å². The summed E-state index contributed by atoms with van der Waals surface area (Å²) in [6.07, 6.45) is 1.32. The molecule has 2 rings (SSSR count). The van der Waals surface area contributed by atoms with Gasteiger partial charge in [0.1, 0.15) is 12.3 Å². The van der Waals surface area contributed by atoms with Crippen molar-refractivity contribution < 1.29 is 19.4 Å². The molecule has 2 aromatic rings. The van der Waals surface area contributed by atoms with E-state index in [1.54, 1.807) is 0 Å². The maximum Gasteiger partial charge on any atom is 0.358 e. The van der Waals surface area contributed by atoms with Crippen LogP contribution in [0.4, 0.5) is 0 Å². The van der Waals surface area contributed by atoms with Crippen LogP contribution < -0.4 is 10.1 Å². The average Bonchev–Trinajstić information content (AvgIpc) is 2.95. The second-order valence-corrected chi connectivity index (χ2v) is 5.63. The van der Waals surface area contributed by atoms with Gasteiger partial charge in [-0.3, -0.25) is 4.79 Å². The molecule has 1 amide bonds. The Morgan fingerprint density at radius 1 is 1.25 bits per heavy atom. The van der Waals surface area contributed by atoms with E-state index >= 15 is 0 Å². The van der Waals surface area contributed by atoms with Crippen LogP contribution in [-0.2, 0) is 11.3 Å². The molecule has 0 aliphatic carbocycles. The first-order valence-corrected chi connectivity index (χ1v) is 7.54. The lowest BCUT2D eigenvalue weighted by Crippen LogP contribution is -2.30. The van der Waals surface area contributed by atoms with E-state index in [4.69, 9.17) is 9.84 Å². The summed E-state index contributed by atoms with van der Waals surface area (Å²) in [5, 5.41) is 18.7. The van der Waals surface area contributed by atoms with E-state index < -0.39 is 5.97 Å². The highest BCUT2D eigenvalue weighted by Crippen LogP contribution is 2.18. The number of carboxylic acids is 1. The van der Waals surface area contributed by atoms with Gasteiger partial charge in [0.05, 0.1) is 18.3 Å². The first-order valence-electron chi connectivity index (χ1n) is 7.54. The zero-order chi connectivity index (χ0) is 17.7. The standard InChI is InChI=1S/C16H20N4O4/c1-10(2)24-13-6-4-12(5-7-13)11(3)17-15(21)9-20-8-14(16(22)23)18-19-20/h4-8,10-11H,9H2,1-3H3,(H,17,21)(H,22,23). The van der Waals surface area contributed by atoms with Gasteiger partial charge < -0.3 is 15.2 Å². The largest absolute Gasteiger partial charge is 0.491 e. The van der Waals surface area contributed by atoms with Crippen LogP contribution in [0.5, 0.6) is 5.75 Å². The van der Waals surface area contributed by atoms with E-state index in [-0.39, 0.29) is 30.3 Å². The number of carbonyl (C=O) groups is 2. The van der Waals surface area contributed by atoms with Crippen molar-refractivity contribution in [3.05, 3.63) is 41.7 Å². The van der Waals surface area contributed by atoms with E-state index in [2.05, 4.69) is 15.6 Å². The van der Waals surface area contributed by atoms with E-state index in [9.17, 15) is 9.59 Å². The zero-order valence-electron chi connectivity index (χ0n) is 13.8. The van der Waals surface area contributed by atoms with Crippen LogP contribution in [0.25, 0.3) is 0 Å². The Hall–Kier alpha value is -2.90. The van der Waals surface area contributed by atoms with E-state index in [1.165, 1.54) is 10.9 Å². The summed E-state index contributed by atoms with van der Waals surface area (Å²) in [4.78, 5) is 22.7. The van der Waals surface area contributed by atoms with Crippen molar-refractivity contribution in [1.29, 1.82) is 0 Å². The molecule has 0 aliphatic heterocycles. The number of nitrogens with one attached hydrogen (secondary N) is 1. The minimum absolute atomic E-state index is 0.0981. The molecule has 1 unspecified atom stereocenters. The summed E-state index contributed by atoms with van der Waals surface area (Å²) in [5.41, 5.74) is 0.737. The van der Waals surface area contributed by atoms with Crippen molar-refractivity contribution >= 4 is 11.9 Å². The first-order chi connectivity index (χ1) is 11.3. The monoisotopic (exact) mass is 332 g/mol. The summed E-state index contributed by atoms with van der Waals surface area (Å²) >= 11 is 0. The molecule has 0 bridgehead atoms. The fourth-order valence-electron chi connectivity index (χ4n) is 2.10. The van der Waals surface area contributed by atoms with Gasteiger partial charge in [0.15, 0.2) is 5.69 Å². The molecule has 0 spiro atoms. The highest BCUT2D eigenvalue weighted by atomic mass is 16.5. The second kappa shape index (κ2) is 7.58. The predicted molar refractivity (Wildman–Crippen MR) is 85.7 cm³/mol. The third-order valence-electron chi connectivity index (χ3n) is 3.19. The van der Waals surface area contributed by atoms with Crippen LogP contribution in [0.3, 0.4) is 0 Å². The summed E-state index contributed by atoms with van der Waals surface area (Å²) in [5.74, 6) is -0.693. The van der Waals surface area contributed by atoms with Crippen LogP contribution in [0, 0.1) is 0 Å². The van der Waals surface area contributed by atoms with Gasteiger partial charge in [0.25, 0.3) is 0 Å². The minimum atomic E-state index is -1.18. The van der Waals surface area contributed by atoms with Crippen molar-refractivity contribution in [2.45, 2.75) is 39.5 Å². The van der Waals surface area contributed by atoms with Gasteiger partial charge in [-0.2, -0.15) is 0 Å². The molecule has 1 atom stereocenters. The molecule has 1 aromatic heterocycles. The Kier molecular flexibility index (Phi) is 5.51. The number of nitrogens with zero attached hydrogens (tertiary/aromatic N) is 3. The highest BCUT2D eigenvalue weighted by Gasteiger charge is 2.13.